The average Bonchev–Trinajstić information content (AvgIpc) is 3.33. The number of imide groups is 1. The molecular weight excluding hydrogens is 479 g/mol. The number of nitrogens with one attached hydrogen (secondary N) is 2. The number of rotatable bonds is 5. The summed E-state index contributed by atoms with van der Waals surface area (Å²) in [5.74, 6) is -0.620. The number of hydrogen-bond donors (Lipinski definition) is 2. The van der Waals surface area contributed by atoms with Gasteiger partial charge in [0.25, 0.3) is 11.8 Å². The van der Waals surface area contributed by atoms with Crippen molar-refractivity contribution in [2.24, 2.45) is 0 Å². The Morgan fingerprint density at radius 3 is 2.47 bits per heavy atom. The van der Waals surface area contributed by atoms with Crippen molar-refractivity contribution in [1.82, 2.24) is 25.5 Å². The van der Waals surface area contributed by atoms with Crippen molar-refractivity contribution in [2.45, 2.75) is 18.3 Å². The van der Waals surface area contributed by atoms with Gasteiger partial charge in [0, 0.05) is 23.9 Å². The fourth-order valence-electron chi connectivity index (χ4n) is 4.34. The highest BCUT2D eigenvalue weighted by molar-refractivity contribution is 6.08. The van der Waals surface area contributed by atoms with E-state index in [1.54, 1.807) is 18.2 Å². The van der Waals surface area contributed by atoms with Crippen molar-refractivity contribution < 1.29 is 32.3 Å². The molecule has 2 aliphatic rings. The molecule has 0 radical (unpaired) electrons. The van der Waals surface area contributed by atoms with Gasteiger partial charge in [-0.25, -0.2) is 14.8 Å². The second-order valence-corrected chi connectivity index (χ2v) is 8.34. The normalized spacial score (nSPS) is 19.2. The van der Waals surface area contributed by atoms with Gasteiger partial charge in [-0.1, -0.05) is 30.3 Å². The number of nitrogens with zero attached hydrogens (tertiary/aromatic N) is 3. The van der Waals surface area contributed by atoms with Crippen LogP contribution in [0.1, 0.15) is 27.2 Å². The summed E-state index contributed by atoms with van der Waals surface area (Å²) in [5.41, 5.74) is -0.890. The van der Waals surface area contributed by atoms with Crippen molar-refractivity contribution in [3.63, 3.8) is 0 Å². The van der Waals surface area contributed by atoms with Gasteiger partial charge in [-0.15, -0.1) is 0 Å². The fraction of sp³-hybridized carbons (Fsp3) is 0.208. The molecule has 1 atom stereocenters. The molecule has 36 heavy (non-hydrogen) atoms. The molecule has 1 saturated heterocycles. The Kier molecular flexibility index (Phi) is 5.38. The molecule has 3 aromatic rings. The maximum atomic E-state index is 13.1. The number of hydrogen-bond acceptors (Lipinski definition) is 6. The van der Waals surface area contributed by atoms with E-state index in [-0.39, 0.29) is 30.4 Å². The van der Waals surface area contributed by atoms with Crippen LogP contribution in [0.3, 0.4) is 0 Å². The summed E-state index contributed by atoms with van der Waals surface area (Å²) in [4.78, 5) is 47.1. The molecule has 2 N–H and O–H groups in total. The highest BCUT2D eigenvalue weighted by Crippen LogP contribution is 2.34. The summed E-state index contributed by atoms with van der Waals surface area (Å²) >= 11 is 0. The number of methoxy groups -OCH3 is 1. The standard InChI is InChI=1S/C24H18F3N5O4/c1-36-16-7-4-14-11-32(20(33)17(14)10-16)12-23(21(34)30-22(35)31-23)15-5-2-13(3-6-15)19-28-9-8-18(29-19)24(25,26)27/h2-10H,11-12H2,1H3,(H2,30,31,34,35). The summed E-state index contributed by atoms with van der Waals surface area (Å²) < 4.78 is 44.3. The SMILES string of the molecule is COc1ccc2c(c1)C(=O)N(CC1(c3ccc(-c4nccc(C(F)(F)F)n4)cc3)NC(=O)NC1=O)C2. The zero-order chi connectivity index (χ0) is 25.7. The van der Waals surface area contributed by atoms with Crippen LogP contribution in [0.4, 0.5) is 18.0 Å². The monoisotopic (exact) mass is 497 g/mol. The van der Waals surface area contributed by atoms with Crippen LogP contribution in [0.5, 0.6) is 5.75 Å². The van der Waals surface area contributed by atoms with E-state index in [9.17, 15) is 27.6 Å². The van der Waals surface area contributed by atoms with Crippen LogP contribution in [0.25, 0.3) is 11.4 Å². The summed E-state index contributed by atoms with van der Waals surface area (Å²) in [6.45, 7) is 0.0546. The third kappa shape index (κ3) is 3.89. The molecule has 2 aliphatic heterocycles. The molecule has 0 aliphatic carbocycles. The Morgan fingerprint density at radius 2 is 1.83 bits per heavy atom. The number of fused-ring (bicyclic) bond motifs is 1. The Bertz CT molecular complexity index is 1390. The number of halogens is 3. The van der Waals surface area contributed by atoms with E-state index >= 15 is 0 Å². The minimum Gasteiger partial charge on any atom is -0.497 e. The molecule has 3 heterocycles. The molecule has 12 heteroatoms. The molecule has 5 rings (SSSR count). The van der Waals surface area contributed by atoms with Gasteiger partial charge in [0.15, 0.2) is 11.4 Å². The third-order valence-electron chi connectivity index (χ3n) is 6.15. The van der Waals surface area contributed by atoms with Crippen LogP contribution in [0.15, 0.2) is 54.7 Å². The van der Waals surface area contributed by atoms with Gasteiger partial charge >= 0.3 is 12.2 Å². The van der Waals surface area contributed by atoms with Crippen molar-refractivity contribution in [2.75, 3.05) is 13.7 Å². The van der Waals surface area contributed by atoms with E-state index in [0.29, 0.717) is 16.9 Å². The number of alkyl halides is 3. The molecule has 9 nitrogen and oxygen atoms in total. The average molecular weight is 497 g/mol. The van der Waals surface area contributed by atoms with Crippen LogP contribution >= 0.6 is 0 Å². The number of carbonyl (C=O) groups excluding carboxylic acids is 3. The molecule has 0 bridgehead atoms. The molecule has 4 amide bonds. The lowest BCUT2D eigenvalue weighted by molar-refractivity contribution is -0.141. The van der Waals surface area contributed by atoms with E-state index in [1.165, 1.54) is 36.3 Å². The second kappa shape index (κ2) is 8.33. The topological polar surface area (TPSA) is 114 Å². The van der Waals surface area contributed by atoms with Gasteiger partial charge in [0.2, 0.25) is 0 Å². The Hall–Kier alpha value is -4.48. The third-order valence-corrected chi connectivity index (χ3v) is 6.15. The van der Waals surface area contributed by atoms with Crippen molar-refractivity contribution in [3.8, 4) is 17.1 Å². The largest absolute Gasteiger partial charge is 0.497 e. The first-order chi connectivity index (χ1) is 17.1. The Labute approximate surface area is 202 Å². The van der Waals surface area contributed by atoms with Gasteiger partial charge in [-0.2, -0.15) is 13.2 Å². The van der Waals surface area contributed by atoms with Crippen LogP contribution in [-0.4, -0.2) is 46.4 Å². The van der Waals surface area contributed by atoms with E-state index in [2.05, 4.69) is 20.6 Å². The van der Waals surface area contributed by atoms with Crippen LogP contribution in [0.2, 0.25) is 0 Å². The van der Waals surface area contributed by atoms with Crippen molar-refractivity contribution >= 4 is 17.8 Å². The van der Waals surface area contributed by atoms with E-state index in [4.69, 9.17) is 4.74 Å². The fourth-order valence-corrected chi connectivity index (χ4v) is 4.34. The maximum Gasteiger partial charge on any atom is 0.433 e. The van der Waals surface area contributed by atoms with Crippen LogP contribution < -0.4 is 15.4 Å². The predicted molar refractivity (Wildman–Crippen MR) is 119 cm³/mol. The van der Waals surface area contributed by atoms with Crippen LogP contribution in [0, 0.1) is 0 Å². The second-order valence-electron chi connectivity index (χ2n) is 8.34. The quantitative estimate of drug-likeness (QED) is 0.524. The van der Waals surface area contributed by atoms with Crippen molar-refractivity contribution in [1.29, 1.82) is 0 Å². The Balaban J connectivity index is 1.47. The lowest BCUT2D eigenvalue weighted by Gasteiger charge is -2.31. The van der Waals surface area contributed by atoms with Crippen molar-refractivity contribution in [3.05, 3.63) is 77.1 Å². The van der Waals surface area contributed by atoms with E-state index < -0.39 is 29.3 Å². The maximum absolute atomic E-state index is 13.1. The van der Waals surface area contributed by atoms with Gasteiger partial charge in [0.1, 0.15) is 11.4 Å². The van der Waals surface area contributed by atoms with E-state index in [1.807, 2.05) is 0 Å². The van der Waals surface area contributed by atoms with Gasteiger partial charge in [-0.05, 0) is 29.3 Å². The summed E-state index contributed by atoms with van der Waals surface area (Å²) in [7, 11) is 1.49. The van der Waals surface area contributed by atoms with Gasteiger partial charge in [-0.3, -0.25) is 14.9 Å². The number of amides is 4. The number of urea groups is 1. The number of aromatic nitrogens is 2. The van der Waals surface area contributed by atoms with Crippen LogP contribution in [-0.2, 0) is 23.1 Å². The number of carbonyl (C=O) groups is 3. The first-order valence-electron chi connectivity index (χ1n) is 10.7. The molecular formula is C24H18F3N5O4. The predicted octanol–water partition coefficient (Wildman–Crippen LogP) is 2.86. The minimum absolute atomic E-state index is 0.149. The van der Waals surface area contributed by atoms with E-state index in [0.717, 1.165) is 17.8 Å². The molecule has 1 unspecified atom stereocenters. The minimum atomic E-state index is -4.63. The molecule has 2 aromatic carbocycles. The molecule has 1 fully saturated rings. The Morgan fingerprint density at radius 1 is 1.08 bits per heavy atom. The lowest BCUT2D eigenvalue weighted by atomic mass is 9.88. The van der Waals surface area contributed by atoms with Gasteiger partial charge in [0.05, 0.1) is 13.7 Å². The summed E-state index contributed by atoms with van der Waals surface area (Å²) in [6.07, 6.45) is -3.62. The summed E-state index contributed by atoms with van der Waals surface area (Å²) in [6, 6.07) is 11.0. The van der Waals surface area contributed by atoms with Gasteiger partial charge < -0.3 is 15.0 Å². The first-order valence-corrected chi connectivity index (χ1v) is 10.7. The highest BCUT2D eigenvalue weighted by atomic mass is 19.4. The highest BCUT2D eigenvalue weighted by Gasteiger charge is 2.50. The molecule has 0 spiro atoms. The summed E-state index contributed by atoms with van der Waals surface area (Å²) in [5, 5.41) is 4.83. The zero-order valence-corrected chi connectivity index (χ0v) is 18.7. The molecule has 1 aromatic heterocycles. The smallest absolute Gasteiger partial charge is 0.433 e. The first kappa shape index (κ1) is 23.3. The number of ether oxygens (including phenoxy) is 1. The molecule has 0 saturated carbocycles. The zero-order valence-electron chi connectivity index (χ0n) is 18.7. The number of benzene rings is 2. The molecule has 184 valence electrons. The lowest BCUT2D eigenvalue weighted by Crippen LogP contribution is -2.52.